The van der Waals surface area contributed by atoms with Crippen molar-refractivity contribution in [1.29, 1.82) is 0 Å². The van der Waals surface area contributed by atoms with Crippen LogP contribution < -0.4 is 9.96 Å². The second kappa shape index (κ2) is 6.66. The Labute approximate surface area is 96.4 Å². The molecule has 0 aromatic rings. The minimum atomic E-state index is -1.36. The zero-order chi connectivity index (χ0) is 11.1. The van der Waals surface area contributed by atoms with Gasteiger partial charge in [0.25, 0.3) is 0 Å². The average Bonchev–Trinajstić information content (AvgIpc) is 2.72. The van der Waals surface area contributed by atoms with Gasteiger partial charge >= 0.3 is 0 Å². The molecule has 0 aliphatic heterocycles. The second-order valence-electron chi connectivity index (χ2n) is 4.76. The lowest BCUT2D eigenvalue weighted by molar-refractivity contribution is 0.708. The summed E-state index contributed by atoms with van der Waals surface area (Å²) in [6, 6.07) is 1.40. The Balaban J connectivity index is 2.68. The van der Waals surface area contributed by atoms with Gasteiger partial charge in [0.05, 0.1) is 0 Å². The van der Waals surface area contributed by atoms with Crippen LogP contribution in [0.15, 0.2) is 0 Å². The van der Waals surface area contributed by atoms with E-state index in [1.54, 1.807) is 0 Å². The van der Waals surface area contributed by atoms with Gasteiger partial charge in [-0.1, -0.05) is 52.9 Å². The van der Waals surface area contributed by atoms with Crippen molar-refractivity contribution in [2.75, 3.05) is 13.1 Å². The molecule has 1 rings (SSSR count). The lowest BCUT2D eigenvalue weighted by Gasteiger charge is -2.38. The maximum atomic E-state index is 3.87. The standard InChI is InChI=1S/C12H28N2Si/c1-4-11-15(13-5-2,14-6-3)12-9-7-8-10-12/h12-14H,4-11H2,1-3H3. The predicted molar refractivity (Wildman–Crippen MR) is 70.4 cm³/mol. The van der Waals surface area contributed by atoms with E-state index in [9.17, 15) is 0 Å². The van der Waals surface area contributed by atoms with Crippen LogP contribution in [-0.4, -0.2) is 21.5 Å². The van der Waals surface area contributed by atoms with Gasteiger partial charge < -0.3 is 9.96 Å². The first kappa shape index (κ1) is 13.2. The van der Waals surface area contributed by atoms with E-state index in [0.717, 1.165) is 18.6 Å². The van der Waals surface area contributed by atoms with E-state index in [1.165, 1.54) is 38.1 Å². The van der Waals surface area contributed by atoms with E-state index in [2.05, 4.69) is 30.7 Å². The Morgan fingerprint density at radius 3 is 1.93 bits per heavy atom. The first-order valence-electron chi connectivity index (χ1n) is 6.79. The first-order chi connectivity index (χ1) is 7.29. The van der Waals surface area contributed by atoms with Crippen molar-refractivity contribution in [2.24, 2.45) is 0 Å². The van der Waals surface area contributed by atoms with Crippen molar-refractivity contribution in [1.82, 2.24) is 9.96 Å². The van der Waals surface area contributed by atoms with Crippen molar-refractivity contribution in [2.45, 2.75) is 64.5 Å². The molecule has 1 aliphatic carbocycles. The van der Waals surface area contributed by atoms with Gasteiger partial charge in [0.2, 0.25) is 8.40 Å². The molecule has 0 bridgehead atoms. The topological polar surface area (TPSA) is 24.1 Å². The Morgan fingerprint density at radius 1 is 1.00 bits per heavy atom. The quantitative estimate of drug-likeness (QED) is 0.655. The molecule has 0 unspecified atom stereocenters. The van der Waals surface area contributed by atoms with Gasteiger partial charge in [0.15, 0.2) is 0 Å². The molecule has 0 amide bonds. The third-order valence-electron chi connectivity index (χ3n) is 3.68. The highest BCUT2D eigenvalue weighted by Gasteiger charge is 2.41. The first-order valence-corrected chi connectivity index (χ1v) is 9.07. The summed E-state index contributed by atoms with van der Waals surface area (Å²) in [5.41, 5.74) is 0.984. The van der Waals surface area contributed by atoms with Crippen LogP contribution in [0.25, 0.3) is 0 Å². The molecule has 0 saturated heterocycles. The van der Waals surface area contributed by atoms with Crippen LogP contribution in [0.1, 0.15) is 52.9 Å². The van der Waals surface area contributed by atoms with Crippen molar-refractivity contribution in [3.63, 3.8) is 0 Å². The predicted octanol–water partition coefficient (Wildman–Crippen LogP) is 3.00. The molecule has 90 valence electrons. The molecular formula is C12H28N2Si. The zero-order valence-electron chi connectivity index (χ0n) is 10.7. The minimum absolute atomic E-state index is 0.984. The molecule has 0 atom stereocenters. The van der Waals surface area contributed by atoms with E-state index < -0.39 is 8.40 Å². The molecule has 0 heterocycles. The SMILES string of the molecule is CCC[Si](NCC)(NCC)C1CCCC1. The fourth-order valence-corrected chi connectivity index (χ4v) is 8.08. The summed E-state index contributed by atoms with van der Waals surface area (Å²) in [7, 11) is -1.36. The minimum Gasteiger partial charge on any atom is -0.325 e. The zero-order valence-corrected chi connectivity index (χ0v) is 11.7. The van der Waals surface area contributed by atoms with Crippen LogP contribution in [0.3, 0.4) is 0 Å². The van der Waals surface area contributed by atoms with E-state index in [4.69, 9.17) is 0 Å². The van der Waals surface area contributed by atoms with Crippen LogP contribution in [-0.2, 0) is 0 Å². The fourth-order valence-electron chi connectivity index (χ4n) is 3.18. The van der Waals surface area contributed by atoms with Gasteiger partial charge in [-0.3, -0.25) is 0 Å². The fraction of sp³-hybridized carbons (Fsp3) is 1.00. The number of nitrogens with one attached hydrogen (secondary N) is 2. The number of rotatable bonds is 7. The maximum absolute atomic E-state index is 3.87. The van der Waals surface area contributed by atoms with Gasteiger partial charge in [0.1, 0.15) is 0 Å². The van der Waals surface area contributed by atoms with Crippen LogP contribution in [0.4, 0.5) is 0 Å². The van der Waals surface area contributed by atoms with Crippen molar-refractivity contribution < 1.29 is 0 Å². The average molecular weight is 228 g/mol. The Bertz CT molecular complexity index is 150. The normalized spacial score (nSPS) is 18.6. The third-order valence-corrected chi connectivity index (χ3v) is 8.91. The molecule has 15 heavy (non-hydrogen) atoms. The summed E-state index contributed by atoms with van der Waals surface area (Å²) in [5, 5.41) is 0. The van der Waals surface area contributed by atoms with Gasteiger partial charge in [-0.2, -0.15) is 0 Å². The molecule has 1 saturated carbocycles. The summed E-state index contributed by atoms with van der Waals surface area (Å²) in [5.74, 6) is 0. The van der Waals surface area contributed by atoms with E-state index >= 15 is 0 Å². The Kier molecular flexibility index (Phi) is 5.86. The number of hydrogen-bond donors (Lipinski definition) is 2. The second-order valence-corrected chi connectivity index (χ2v) is 8.73. The summed E-state index contributed by atoms with van der Waals surface area (Å²) in [6.45, 7) is 9.10. The third kappa shape index (κ3) is 3.30. The highest BCUT2D eigenvalue weighted by atomic mass is 28.3. The lowest BCUT2D eigenvalue weighted by atomic mass is 10.4. The van der Waals surface area contributed by atoms with Crippen LogP contribution in [0, 0.1) is 0 Å². The monoisotopic (exact) mass is 228 g/mol. The van der Waals surface area contributed by atoms with Crippen molar-refractivity contribution >= 4 is 8.40 Å². The summed E-state index contributed by atoms with van der Waals surface area (Å²) < 4.78 is 0. The Hall–Kier alpha value is 0.137. The van der Waals surface area contributed by atoms with Crippen LogP contribution in [0.2, 0.25) is 11.6 Å². The van der Waals surface area contributed by atoms with Crippen molar-refractivity contribution in [3.05, 3.63) is 0 Å². The lowest BCUT2D eigenvalue weighted by Crippen LogP contribution is -2.64. The van der Waals surface area contributed by atoms with E-state index in [-0.39, 0.29) is 0 Å². The maximum Gasteiger partial charge on any atom is 0.204 e. The van der Waals surface area contributed by atoms with Crippen LogP contribution in [0.5, 0.6) is 0 Å². The highest BCUT2D eigenvalue weighted by Crippen LogP contribution is 2.38. The van der Waals surface area contributed by atoms with Crippen molar-refractivity contribution in [3.8, 4) is 0 Å². The van der Waals surface area contributed by atoms with Gasteiger partial charge in [0, 0.05) is 0 Å². The van der Waals surface area contributed by atoms with E-state index in [1.807, 2.05) is 0 Å². The van der Waals surface area contributed by atoms with Gasteiger partial charge in [-0.15, -0.1) is 0 Å². The molecule has 0 aromatic heterocycles. The molecule has 0 aromatic carbocycles. The van der Waals surface area contributed by atoms with Gasteiger partial charge in [-0.05, 0) is 24.7 Å². The molecule has 0 radical (unpaired) electrons. The molecule has 1 fully saturated rings. The molecule has 3 heteroatoms. The number of hydrogen-bond acceptors (Lipinski definition) is 2. The molecule has 1 aliphatic rings. The molecular weight excluding hydrogens is 200 g/mol. The smallest absolute Gasteiger partial charge is 0.204 e. The molecule has 2 N–H and O–H groups in total. The molecule has 2 nitrogen and oxygen atoms in total. The summed E-state index contributed by atoms with van der Waals surface area (Å²) in [4.78, 5) is 7.74. The summed E-state index contributed by atoms with van der Waals surface area (Å²) >= 11 is 0. The largest absolute Gasteiger partial charge is 0.325 e. The Morgan fingerprint density at radius 2 is 1.53 bits per heavy atom. The van der Waals surface area contributed by atoms with Gasteiger partial charge in [-0.25, -0.2) is 0 Å². The highest BCUT2D eigenvalue weighted by molar-refractivity contribution is 6.76. The molecule has 0 spiro atoms. The van der Waals surface area contributed by atoms with Crippen LogP contribution >= 0.6 is 0 Å². The summed E-state index contributed by atoms with van der Waals surface area (Å²) in [6.07, 6.45) is 7.17. The van der Waals surface area contributed by atoms with E-state index in [0.29, 0.717) is 0 Å².